The van der Waals surface area contributed by atoms with Gasteiger partial charge in [-0.3, -0.25) is 9.59 Å². The Morgan fingerprint density at radius 1 is 1.07 bits per heavy atom. The lowest BCUT2D eigenvalue weighted by Crippen LogP contribution is -2.60. The summed E-state index contributed by atoms with van der Waals surface area (Å²) in [7, 11) is -1.45. The lowest BCUT2D eigenvalue weighted by atomic mass is 9.78. The van der Waals surface area contributed by atoms with E-state index in [0.29, 0.717) is 19.3 Å². The average Bonchev–Trinajstić information content (AvgIpc) is 2.86. The highest BCUT2D eigenvalue weighted by atomic mass is 16.6. The van der Waals surface area contributed by atoms with E-state index in [9.17, 15) is 24.4 Å². The molecule has 0 saturated heterocycles. The monoisotopic (exact) mass is 427 g/mol. The van der Waals surface area contributed by atoms with Crippen molar-refractivity contribution in [2.24, 2.45) is 11.8 Å². The fourth-order valence-electron chi connectivity index (χ4n) is 3.92. The maximum Gasteiger partial charge on any atom is 0.451 e. The van der Waals surface area contributed by atoms with Crippen LogP contribution in [0, 0.1) is 11.8 Å². The smallest absolute Gasteiger partial charge is 0.444 e. The van der Waals surface area contributed by atoms with Crippen LogP contribution >= 0.6 is 0 Å². The number of alkyl carbamates (subject to hydrolysis) is 1. The Morgan fingerprint density at radius 2 is 1.63 bits per heavy atom. The zero-order valence-corrected chi connectivity index (χ0v) is 19.3. The lowest BCUT2D eigenvalue weighted by molar-refractivity contribution is -0.134. The Bertz CT molecular complexity index is 629. The van der Waals surface area contributed by atoms with E-state index in [0.717, 1.165) is 0 Å². The van der Waals surface area contributed by atoms with Gasteiger partial charge in [-0.1, -0.05) is 6.42 Å². The Labute approximate surface area is 179 Å². The standard InChI is InChI=1S/C20H38BN3O6/c1-13(25)23-20(16(26)24-18(2,3)4)10-14(8-9-21(28)29)15(11-20)12-22-17(27)30-19(5,6)7/h14-15,28-29H,8-12H2,1-7H3,(H,22,27)(H,23,25)(H,24,26)/t14-,15+,20+/m0/s1. The van der Waals surface area contributed by atoms with Crippen molar-refractivity contribution in [3.8, 4) is 0 Å². The van der Waals surface area contributed by atoms with Crippen molar-refractivity contribution in [2.45, 2.75) is 90.7 Å². The molecule has 9 nitrogen and oxygen atoms in total. The topological polar surface area (TPSA) is 137 Å². The molecule has 1 rings (SSSR count). The molecular formula is C20H38BN3O6. The molecule has 30 heavy (non-hydrogen) atoms. The first-order valence-corrected chi connectivity index (χ1v) is 10.5. The first-order chi connectivity index (χ1) is 13.5. The molecule has 1 saturated carbocycles. The predicted molar refractivity (Wildman–Crippen MR) is 115 cm³/mol. The number of hydrogen-bond acceptors (Lipinski definition) is 6. The molecule has 0 spiro atoms. The largest absolute Gasteiger partial charge is 0.451 e. The van der Waals surface area contributed by atoms with E-state index < -0.39 is 29.9 Å². The second-order valence-electron chi connectivity index (χ2n) is 10.3. The molecule has 0 radical (unpaired) electrons. The van der Waals surface area contributed by atoms with Gasteiger partial charge in [0.2, 0.25) is 11.8 Å². The quantitative estimate of drug-likeness (QED) is 0.387. The number of rotatable bonds is 7. The molecule has 3 amide bonds. The number of hydrogen-bond donors (Lipinski definition) is 5. The third-order valence-corrected chi connectivity index (χ3v) is 4.93. The highest BCUT2D eigenvalue weighted by molar-refractivity contribution is 6.40. The zero-order valence-electron chi connectivity index (χ0n) is 19.3. The van der Waals surface area contributed by atoms with Crippen LogP contribution in [-0.4, -0.2) is 58.3 Å². The van der Waals surface area contributed by atoms with Crippen molar-refractivity contribution in [3.05, 3.63) is 0 Å². The SMILES string of the molecule is CC(=O)N[C@]1(C(=O)NC(C)(C)C)C[C@H](CCB(O)O)[C@@H](CNC(=O)OC(C)(C)C)C1. The lowest BCUT2D eigenvalue weighted by Gasteiger charge is -2.33. The molecule has 1 aliphatic carbocycles. The van der Waals surface area contributed by atoms with Gasteiger partial charge in [0.05, 0.1) is 0 Å². The molecule has 0 aromatic rings. The first kappa shape index (κ1) is 26.2. The summed E-state index contributed by atoms with van der Waals surface area (Å²) >= 11 is 0. The molecule has 0 aromatic carbocycles. The Kier molecular flexibility index (Phi) is 8.74. The minimum absolute atomic E-state index is 0.0979. The van der Waals surface area contributed by atoms with Crippen LogP contribution in [0.15, 0.2) is 0 Å². The van der Waals surface area contributed by atoms with Crippen LogP contribution in [0.25, 0.3) is 0 Å². The summed E-state index contributed by atoms with van der Waals surface area (Å²) in [6.45, 7) is 12.5. The van der Waals surface area contributed by atoms with E-state index in [4.69, 9.17) is 4.74 Å². The van der Waals surface area contributed by atoms with Crippen molar-refractivity contribution in [2.75, 3.05) is 6.54 Å². The van der Waals surface area contributed by atoms with Gasteiger partial charge in [0.25, 0.3) is 0 Å². The molecule has 0 aromatic heterocycles. The van der Waals surface area contributed by atoms with E-state index in [-0.39, 0.29) is 36.5 Å². The van der Waals surface area contributed by atoms with E-state index in [2.05, 4.69) is 16.0 Å². The predicted octanol–water partition coefficient (Wildman–Crippen LogP) is 1.19. The van der Waals surface area contributed by atoms with Gasteiger partial charge in [-0.25, -0.2) is 4.79 Å². The number of amides is 3. The molecule has 3 atom stereocenters. The third kappa shape index (κ3) is 8.91. The van der Waals surface area contributed by atoms with Crippen LogP contribution in [0.4, 0.5) is 4.79 Å². The maximum atomic E-state index is 13.1. The second-order valence-corrected chi connectivity index (χ2v) is 10.3. The fourth-order valence-corrected chi connectivity index (χ4v) is 3.92. The second kappa shape index (κ2) is 10.0. The summed E-state index contributed by atoms with van der Waals surface area (Å²) in [6.07, 6.45) is 0.713. The van der Waals surface area contributed by atoms with Crippen molar-refractivity contribution >= 4 is 25.0 Å². The number of carbonyl (C=O) groups is 3. The van der Waals surface area contributed by atoms with Gasteiger partial charge < -0.3 is 30.7 Å². The number of carbonyl (C=O) groups excluding carboxylic acids is 3. The van der Waals surface area contributed by atoms with Crippen LogP contribution < -0.4 is 16.0 Å². The van der Waals surface area contributed by atoms with Gasteiger partial charge in [0, 0.05) is 19.0 Å². The van der Waals surface area contributed by atoms with E-state index >= 15 is 0 Å². The molecule has 172 valence electrons. The first-order valence-electron chi connectivity index (χ1n) is 10.5. The minimum atomic E-state index is -1.45. The van der Waals surface area contributed by atoms with Crippen LogP contribution in [0.3, 0.4) is 0 Å². The number of ether oxygens (including phenoxy) is 1. The van der Waals surface area contributed by atoms with Gasteiger partial charge in [-0.15, -0.1) is 0 Å². The van der Waals surface area contributed by atoms with E-state index in [1.54, 1.807) is 20.8 Å². The van der Waals surface area contributed by atoms with Gasteiger partial charge in [0.15, 0.2) is 0 Å². The zero-order chi connectivity index (χ0) is 23.3. The van der Waals surface area contributed by atoms with Gasteiger partial charge in [0.1, 0.15) is 11.1 Å². The third-order valence-electron chi connectivity index (χ3n) is 4.93. The summed E-state index contributed by atoms with van der Waals surface area (Å²) in [4.78, 5) is 37.1. The molecule has 0 bridgehead atoms. The Hall–Kier alpha value is -1.81. The Morgan fingerprint density at radius 3 is 2.10 bits per heavy atom. The van der Waals surface area contributed by atoms with Crippen molar-refractivity contribution in [1.29, 1.82) is 0 Å². The molecule has 0 unspecified atom stereocenters. The van der Waals surface area contributed by atoms with Crippen molar-refractivity contribution < 1.29 is 29.2 Å². The molecule has 0 heterocycles. The molecule has 1 fully saturated rings. The molecule has 0 aliphatic heterocycles. The van der Waals surface area contributed by atoms with Crippen molar-refractivity contribution in [1.82, 2.24) is 16.0 Å². The summed E-state index contributed by atoms with van der Waals surface area (Å²) in [5.41, 5.74) is -2.23. The van der Waals surface area contributed by atoms with E-state index in [1.807, 2.05) is 20.8 Å². The molecular weight excluding hydrogens is 389 g/mol. The van der Waals surface area contributed by atoms with Crippen molar-refractivity contribution in [3.63, 3.8) is 0 Å². The molecule has 1 aliphatic rings. The van der Waals surface area contributed by atoms with Crippen LogP contribution in [0.2, 0.25) is 6.32 Å². The van der Waals surface area contributed by atoms with Crippen LogP contribution in [0.1, 0.15) is 67.7 Å². The molecule has 5 N–H and O–H groups in total. The van der Waals surface area contributed by atoms with E-state index in [1.165, 1.54) is 6.92 Å². The van der Waals surface area contributed by atoms with Crippen LogP contribution in [-0.2, 0) is 14.3 Å². The van der Waals surface area contributed by atoms with Gasteiger partial charge in [-0.2, -0.15) is 0 Å². The summed E-state index contributed by atoms with van der Waals surface area (Å²) in [6, 6.07) is 0. The molecule has 10 heteroatoms. The normalized spacial score (nSPS) is 24.2. The van der Waals surface area contributed by atoms with Crippen LogP contribution in [0.5, 0.6) is 0 Å². The van der Waals surface area contributed by atoms with Gasteiger partial charge in [-0.05, 0) is 72.5 Å². The highest BCUT2D eigenvalue weighted by Crippen LogP contribution is 2.42. The summed E-state index contributed by atoms with van der Waals surface area (Å²) in [5, 5.41) is 27.1. The Balaban J connectivity index is 3.03. The number of nitrogens with one attached hydrogen (secondary N) is 3. The summed E-state index contributed by atoms with van der Waals surface area (Å²) in [5.74, 6) is -0.839. The van der Waals surface area contributed by atoms with Gasteiger partial charge >= 0.3 is 13.2 Å². The highest BCUT2D eigenvalue weighted by Gasteiger charge is 2.51. The average molecular weight is 427 g/mol. The summed E-state index contributed by atoms with van der Waals surface area (Å²) < 4.78 is 5.28. The minimum Gasteiger partial charge on any atom is -0.444 e. The fraction of sp³-hybridized carbons (Fsp3) is 0.850. The maximum absolute atomic E-state index is 13.1.